The lowest BCUT2D eigenvalue weighted by atomic mass is 10.3. The van der Waals surface area contributed by atoms with Gasteiger partial charge in [-0.3, -0.25) is 24.3 Å². The lowest BCUT2D eigenvalue weighted by molar-refractivity contribution is -0.385. The van der Waals surface area contributed by atoms with E-state index in [0.717, 1.165) is 0 Å². The lowest BCUT2D eigenvalue weighted by Crippen LogP contribution is -2.26. The second-order valence-electron chi connectivity index (χ2n) is 4.69. The Morgan fingerprint density at radius 3 is 2.86 bits per heavy atom. The molecule has 0 radical (unpaired) electrons. The van der Waals surface area contributed by atoms with Gasteiger partial charge in [0.2, 0.25) is 5.69 Å². The van der Waals surface area contributed by atoms with E-state index in [1.807, 2.05) is 0 Å². The summed E-state index contributed by atoms with van der Waals surface area (Å²) in [6.45, 7) is 2.47. The van der Waals surface area contributed by atoms with Crippen LogP contribution >= 0.6 is 11.6 Å². The molecule has 1 amide bonds. The third kappa shape index (κ3) is 3.42. The summed E-state index contributed by atoms with van der Waals surface area (Å²) >= 11 is 5.74. The van der Waals surface area contributed by atoms with Gasteiger partial charge in [-0.15, -0.1) is 0 Å². The number of nitro groups is 1. The molecule has 0 unspecified atom stereocenters. The Morgan fingerprint density at radius 1 is 1.55 bits per heavy atom. The molecule has 2 heterocycles. The predicted octanol–water partition coefficient (Wildman–Crippen LogP) is 1.31. The topological polar surface area (TPSA) is 108 Å². The molecule has 1 N–H and O–H groups in total. The van der Waals surface area contributed by atoms with Crippen molar-refractivity contribution in [2.75, 3.05) is 6.54 Å². The molecular formula is C12H15ClN6O3. The number of hydrogen-bond acceptors (Lipinski definition) is 5. The summed E-state index contributed by atoms with van der Waals surface area (Å²) in [5, 5.41) is 22.1. The number of halogens is 1. The Bertz CT molecular complexity index is 708. The van der Waals surface area contributed by atoms with Gasteiger partial charge < -0.3 is 5.32 Å². The van der Waals surface area contributed by atoms with Gasteiger partial charge in [0.05, 0.1) is 16.1 Å². The van der Waals surface area contributed by atoms with Crippen LogP contribution in [0.3, 0.4) is 0 Å². The first-order valence-electron chi connectivity index (χ1n) is 6.54. The highest BCUT2D eigenvalue weighted by molar-refractivity contribution is 6.30. The number of nitrogens with one attached hydrogen (secondary N) is 1. The molecule has 0 aliphatic heterocycles. The lowest BCUT2D eigenvalue weighted by Gasteiger charge is -2.03. The highest BCUT2D eigenvalue weighted by Crippen LogP contribution is 2.21. The molecule has 22 heavy (non-hydrogen) atoms. The monoisotopic (exact) mass is 326 g/mol. The van der Waals surface area contributed by atoms with Gasteiger partial charge in [0.1, 0.15) is 5.69 Å². The molecule has 0 saturated carbocycles. The average molecular weight is 327 g/mol. The number of carbonyl (C=O) groups excluding carboxylic acids is 1. The predicted molar refractivity (Wildman–Crippen MR) is 78.8 cm³/mol. The van der Waals surface area contributed by atoms with Crippen molar-refractivity contribution in [3.05, 3.63) is 38.9 Å². The van der Waals surface area contributed by atoms with Crippen LogP contribution in [0.15, 0.2) is 12.4 Å². The van der Waals surface area contributed by atoms with Gasteiger partial charge in [0.15, 0.2) is 0 Å². The van der Waals surface area contributed by atoms with Gasteiger partial charge >= 0.3 is 5.69 Å². The van der Waals surface area contributed by atoms with Crippen LogP contribution < -0.4 is 5.32 Å². The van der Waals surface area contributed by atoms with Gasteiger partial charge in [-0.25, -0.2) is 0 Å². The summed E-state index contributed by atoms with van der Waals surface area (Å²) in [5.74, 6) is -0.561. The summed E-state index contributed by atoms with van der Waals surface area (Å²) in [6, 6.07) is 0. The van der Waals surface area contributed by atoms with Crippen LogP contribution in [0.5, 0.6) is 0 Å². The van der Waals surface area contributed by atoms with E-state index in [0.29, 0.717) is 30.2 Å². The Balaban J connectivity index is 1.92. The van der Waals surface area contributed by atoms with Crippen LogP contribution in [-0.4, -0.2) is 36.9 Å². The Kier molecular flexibility index (Phi) is 4.76. The molecule has 2 rings (SSSR count). The first-order valence-corrected chi connectivity index (χ1v) is 6.92. The van der Waals surface area contributed by atoms with E-state index in [1.54, 1.807) is 24.9 Å². The second-order valence-corrected chi connectivity index (χ2v) is 5.13. The number of rotatable bonds is 6. The summed E-state index contributed by atoms with van der Waals surface area (Å²) in [5.41, 5.74) is -0.104. The molecular weight excluding hydrogens is 312 g/mol. The van der Waals surface area contributed by atoms with E-state index in [-0.39, 0.29) is 11.4 Å². The Morgan fingerprint density at radius 2 is 2.27 bits per heavy atom. The molecule has 2 aromatic rings. The Hall–Kier alpha value is -2.42. The molecule has 0 atom stereocenters. The van der Waals surface area contributed by atoms with E-state index in [9.17, 15) is 14.9 Å². The molecule has 0 spiro atoms. The third-order valence-electron chi connectivity index (χ3n) is 3.15. The number of carbonyl (C=O) groups is 1. The van der Waals surface area contributed by atoms with Gasteiger partial charge in [0.25, 0.3) is 5.91 Å². The number of aromatic nitrogens is 4. The minimum absolute atomic E-state index is 0.174. The van der Waals surface area contributed by atoms with Crippen LogP contribution in [0.4, 0.5) is 5.69 Å². The smallest absolute Gasteiger partial charge is 0.322 e. The molecule has 0 bridgehead atoms. The van der Waals surface area contributed by atoms with Crippen LogP contribution in [0.1, 0.15) is 22.6 Å². The first-order chi connectivity index (χ1) is 10.4. The zero-order valence-corrected chi connectivity index (χ0v) is 12.9. The number of hydrogen-bond donors (Lipinski definition) is 1. The fourth-order valence-electron chi connectivity index (χ4n) is 1.96. The van der Waals surface area contributed by atoms with Crippen LogP contribution in [-0.2, 0) is 13.6 Å². The van der Waals surface area contributed by atoms with Gasteiger partial charge in [-0.05, 0) is 13.3 Å². The maximum Gasteiger partial charge on any atom is 0.322 e. The summed E-state index contributed by atoms with van der Waals surface area (Å²) in [6.07, 6.45) is 3.82. The van der Waals surface area contributed by atoms with E-state index in [2.05, 4.69) is 15.5 Å². The molecule has 0 fully saturated rings. The highest BCUT2D eigenvalue weighted by atomic mass is 35.5. The van der Waals surface area contributed by atoms with Gasteiger partial charge in [0, 0.05) is 26.3 Å². The third-order valence-corrected chi connectivity index (χ3v) is 3.35. The van der Waals surface area contributed by atoms with Crippen LogP contribution in [0.2, 0.25) is 5.02 Å². The molecule has 0 aliphatic carbocycles. The molecule has 10 heteroatoms. The summed E-state index contributed by atoms with van der Waals surface area (Å²) in [7, 11) is 1.56. The normalized spacial score (nSPS) is 10.7. The maximum absolute atomic E-state index is 12.0. The van der Waals surface area contributed by atoms with Gasteiger partial charge in [-0.1, -0.05) is 11.6 Å². The van der Waals surface area contributed by atoms with E-state index in [1.165, 1.54) is 10.9 Å². The minimum Gasteiger partial charge on any atom is -0.350 e. The highest BCUT2D eigenvalue weighted by Gasteiger charge is 2.28. The standard InChI is InChI=1S/C12H15ClN6O3/c1-8-11(19(21)22)10(16-17(8)2)12(20)14-4-3-5-18-7-9(13)6-15-18/h6-7H,3-5H2,1-2H3,(H,14,20). The molecule has 2 aromatic heterocycles. The summed E-state index contributed by atoms with van der Waals surface area (Å²) < 4.78 is 2.97. The zero-order chi connectivity index (χ0) is 16.3. The second kappa shape index (κ2) is 6.56. The zero-order valence-electron chi connectivity index (χ0n) is 12.1. The van der Waals surface area contributed by atoms with E-state index >= 15 is 0 Å². The number of amides is 1. The van der Waals surface area contributed by atoms with Crippen LogP contribution in [0, 0.1) is 17.0 Å². The summed E-state index contributed by atoms with van der Waals surface area (Å²) in [4.78, 5) is 22.4. The molecule has 9 nitrogen and oxygen atoms in total. The van der Waals surface area contributed by atoms with Crippen molar-refractivity contribution in [2.45, 2.75) is 19.9 Å². The van der Waals surface area contributed by atoms with E-state index < -0.39 is 10.8 Å². The van der Waals surface area contributed by atoms with Crippen molar-refractivity contribution in [2.24, 2.45) is 7.05 Å². The van der Waals surface area contributed by atoms with Crippen molar-refractivity contribution < 1.29 is 9.72 Å². The molecule has 0 aromatic carbocycles. The first kappa shape index (κ1) is 16.0. The minimum atomic E-state index is -0.594. The van der Waals surface area contributed by atoms with Crippen molar-refractivity contribution in [3.8, 4) is 0 Å². The largest absolute Gasteiger partial charge is 0.350 e. The van der Waals surface area contributed by atoms with Crippen LogP contribution in [0.25, 0.3) is 0 Å². The van der Waals surface area contributed by atoms with E-state index in [4.69, 9.17) is 11.6 Å². The molecule has 118 valence electrons. The maximum atomic E-state index is 12.0. The molecule has 0 aliphatic rings. The fourth-order valence-corrected chi connectivity index (χ4v) is 2.11. The number of nitrogens with zero attached hydrogens (tertiary/aromatic N) is 5. The number of aryl methyl sites for hydroxylation is 2. The molecule has 0 saturated heterocycles. The average Bonchev–Trinajstić information content (AvgIpc) is 2.99. The SMILES string of the molecule is Cc1c([N+](=O)[O-])c(C(=O)NCCCn2cc(Cl)cn2)nn1C. The van der Waals surface area contributed by atoms with Crippen molar-refractivity contribution in [1.29, 1.82) is 0 Å². The Labute approximate surface area is 131 Å². The van der Waals surface area contributed by atoms with Crippen molar-refractivity contribution in [1.82, 2.24) is 24.9 Å². The van der Waals surface area contributed by atoms with Gasteiger partial charge in [-0.2, -0.15) is 10.2 Å². The van der Waals surface area contributed by atoms with Crippen molar-refractivity contribution >= 4 is 23.2 Å². The quantitative estimate of drug-likeness (QED) is 0.489. The fraction of sp³-hybridized carbons (Fsp3) is 0.417. The van der Waals surface area contributed by atoms with Crippen molar-refractivity contribution in [3.63, 3.8) is 0 Å².